The van der Waals surface area contributed by atoms with Crippen molar-refractivity contribution in [2.45, 2.75) is 26.4 Å². The summed E-state index contributed by atoms with van der Waals surface area (Å²) in [5.74, 6) is 0.771. The van der Waals surface area contributed by atoms with Gasteiger partial charge < -0.3 is 15.4 Å². The number of para-hydroxylation sites is 1. The first kappa shape index (κ1) is 13.7. The van der Waals surface area contributed by atoms with E-state index in [4.69, 9.17) is 5.11 Å². The molecule has 3 N–H and O–H groups in total. The van der Waals surface area contributed by atoms with Crippen molar-refractivity contribution in [3.8, 4) is 0 Å². The Labute approximate surface area is 111 Å². The molecule has 0 aliphatic rings. The maximum absolute atomic E-state index is 11.9. The molecule has 2 atom stereocenters. The summed E-state index contributed by atoms with van der Waals surface area (Å²) in [6, 6.07) is 7.43. The third-order valence-corrected chi connectivity index (χ3v) is 3.39. The number of aromatic nitrogens is 2. The van der Waals surface area contributed by atoms with Crippen LogP contribution in [-0.4, -0.2) is 27.7 Å². The Balaban J connectivity index is 2.16. The topological polar surface area (TPSA) is 78.0 Å². The summed E-state index contributed by atoms with van der Waals surface area (Å²) in [6.07, 6.45) is 0. The summed E-state index contributed by atoms with van der Waals surface area (Å²) < 4.78 is 0. The lowest BCUT2D eigenvalue weighted by atomic mass is 10.1. The van der Waals surface area contributed by atoms with Crippen molar-refractivity contribution in [3.63, 3.8) is 0 Å². The van der Waals surface area contributed by atoms with Crippen LogP contribution in [0.25, 0.3) is 10.9 Å². The van der Waals surface area contributed by atoms with Gasteiger partial charge in [-0.25, -0.2) is 4.98 Å². The Morgan fingerprint density at radius 3 is 2.84 bits per heavy atom. The predicted octanol–water partition coefficient (Wildman–Crippen LogP) is 1.03. The van der Waals surface area contributed by atoms with Gasteiger partial charge in [0.2, 0.25) is 0 Å². The van der Waals surface area contributed by atoms with Crippen molar-refractivity contribution in [2.24, 2.45) is 5.92 Å². The van der Waals surface area contributed by atoms with E-state index in [-0.39, 0.29) is 24.1 Å². The van der Waals surface area contributed by atoms with E-state index < -0.39 is 0 Å². The molecule has 0 spiro atoms. The van der Waals surface area contributed by atoms with Crippen molar-refractivity contribution < 1.29 is 5.11 Å². The molecule has 0 radical (unpaired) electrons. The minimum absolute atomic E-state index is 0.120. The molecule has 102 valence electrons. The van der Waals surface area contributed by atoms with Crippen molar-refractivity contribution in [1.29, 1.82) is 0 Å². The number of H-pyrrole nitrogens is 1. The Hall–Kier alpha value is -1.72. The number of hydrogen-bond acceptors (Lipinski definition) is 4. The van der Waals surface area contributed by atoms with Crippen LogP contribution < -0.4 is 10.9 Å². The molecule has 5 nitrogen and oxygen atoms in total. The van der Waals surface area contributed by atoms with Crippen molar-refractivity contribution >= 4 is 10.9 Å². The summed E-state index contributed by atoms with van der Waals surface area (Å²) in [6.45, 7) is 4.58. The second kappa shape index (κ2) is 5.95. The highest BCUT2D eigenvalue weighted by Crippen LogP contribution is 2.06. The molecule has 0 fully saturated rings. The lowest BCUT2D eigenvalue weighted by Crippen LogP contribution is -2.34. The quantitative estimate of drug-likeness (QED) is 0.751. The zero-order valence-electron chi connectivity index (χ0n) is 11.2. The highest BCUT2D eigenvalue weighted by Gasteiger charge is 2.11. The Morgan fingerprint density at radius 1 is 1.37 bits per heavy atom. The van der Waals surface area contributed by atoms with Crippen LogP contribution >= 0.6 is 0 Å². The van der Waals surface area contributed by atoms with E-state index in [9.17, 15) is 4.79 Å². The predicted molar refractivity (Wildman–Crippen MR) is 74.9 cm³/mol. The molecule has 2 aromatic rings. The van der Waals surface area contributed by atoms with Crippen molar-refractivity contribution in [1.82, 2.24) is 15.3 Å². The SMILES string of the molecule is CC(CO)C(C)NCc1nc2ccccc2c(=O)[nH]1. The number of aromatic amines is 1. The smallest absolute Gasteiger partial charge is 0.258 e. The van der Waals surface area contributed by atoms with Gasteiger partial charge in [-0.2, -0.15) is 0 Å². The van der Waals surface area contributed by atoms with Gasteiger partial charge in [-0.1, -0.05) is 19.1 Å². The average Bonchev–Trinajstić information content (AvgIpc) is 2.44. The summed E-state index contributed by atoms with van der Waals surface area (Å²) in [5, 5.41) is 12.9. The van der Waals surface area contributed by atoms with Gasteiger partial charge in [0.15, 0.2) is 0 Å². The number of aliphatic hydroxyl groups excluding tert-OH is 1. The molecule has 0 amide bonds. The first-order chi connectivity index (χ1) is 9.11. The van der Waals surface area contributed by atoms with E-state index in [2.05, 4.69) is 15.3 Å². The van der Waals surface area contributed by atoms with E-state index in [0.29, 0.717) is 23.3 Å². The molecule has 1 heterocycles. The molecule has 19 heavy (non-hydrogen) atoms. The van der Waals surface area contributed by atoms with E-state index in [1.54, 1.807) is 6.07 Å². The van der Waals surface area contributed by atoms with Crippen LogP contribution in [0.2, 0.25) is 0 Å². The number of benzene rings is 1. The zero-order chi connectivity index (χ0) is 13.8. The van der Waals surface area contributed by atoms with Crippen LogP contribution in [0.1, 0.15) is 19.7 Å². The van der Waals surface area contributed by atoms with Crippen LogP contribution in [0.5, 0.6) is 0 Å². The fourth-order valence-electron chi connectivity index (χ4n) is 1.84. The fraction of sp³-hybridized carbons (Fsp3) is 0.429. The molecule has 1 aromatic heterocycles. The monoisotopic (exact) mass is 261 g/mol. The maximum atomic E-state index is 11.9. The first-order valence-electron chi connectivity index (χ1n) is 6.44. The Morgan fingerprint density at radius 2 is 2.11 bits per heavy atom. The molecule has 0 bridgehead atoms. The Kier molecular flexibility index (Phi) is 4.29. The van der Waals surface area contributed by atoms with Crippen molar-refractivity contribution in [3.05, 3.63) is 40.4 Å². The molecule has 1 aromatic carbocycles. The second-order valence-electron chi connectivity index (χ2n) is 4.86. The lowest BCUT2D eigenvalue weighted by Gasteiger charge is -2.18. The zero-order valence-corrected chi connectivity index (χ0v) is 11.2. The van der Waals surface area contributed by atoms with Crippen LogP contribution in [0.15, 0.2) is 29.1 Å². The van der Waals surface area contributed by atoms with E-state index >= 15 is 0 Å². The highest BCUT2D eigenvalue weighted by molar-refractivity contribution is 5.77. The van der Waals surface area contributed by atoms with Crippen LogP contribution in [0.3, 0.4) is 0 Å². The molecule has 0 saturated carbocycles. The number of aliphatic hydroxyl groups is 1. The van der Waals surface area contributed by atoms with Gasteiger partial charge in [-0.05, 0) is 25.0 Å². The third-order valence-electron chi connectivity index (χ3n) is 3.39. The Bertz CT molecular complexity index is 609. The maximum Gasteiger partial charge on any atom is 0.258 e. The number of fused-ring (bicyclic) bond motifs is 1. The number of nitrogens with zero attached hydrogens (tertiary/aromatic N) is 1. The van der Waals surface area contributed by atoms with Crippen LogP contribution in [0, 0.1) is 5.92 Å². The standard InChI is InChI=1S/C14H19N3O2/c1-9(8-18)10(2)15-7-13-16-12-6-4-3-5-11(12)14(19)17-13/h3-6,9-10,15,18H,7-8H2,1-2H3,(H,16,17,19). The van der Waals surface area contributed by atoms with E-state index in [1.165, 1.54) is 0 Å². The van der Waals surface area contributed by atoms with E-state index in [1.807, 2.05) is 32.0 Å². The molecule has 2 unspecified atom stereocenters. The molecule has 0 saturated heterocycles. The lowest BCUT2D eigenvalue weighted by molar-refractivity contribution is 0.206. The number of rotatable bonds is 5. The van der Waals surface area contributed by atoms with Crippen LogP contribution in [0.4, 0.5) is 0 Å². The number of nitrogens with one attached hydrogen (secondary N) is 2. The van der Waals surface area contributed by atoms with Gasteiger partial charge in [0.1, 0.15) is 5.82 Å². The minimum Gasteiger partial charge on any atom is -0.396 e. The van der Waals surface area contributed by atoms with Gasteiger partial charge in [0, 0.05) is 12.6 Å². The normalized spacial score (nSPS) is 14.5. The summed E-state index contributed by atoms with van der Waals surface area (Å²) >= 11 is 0. The molecule has 0 aliphatic heterocycles. The van der Waals surface area contributed by atoms with Gasteiger partial charge >= 0.3 is 0 Å². The van der Waals surface area contributed by atoms with Gasteiger partial charge in [0.25, 0.3) is 5.56 Å². The molecular weight excluding hydrogens is 242 g/mol. The van der Waals surface area contributed by atoms with Gasteiger partial charge in [-0.15, -0.1) is 0 Å². The molecule has 5 heteroatoms. The molecule has 2 rings (SSSR count). The first-order valence-corrected chi connectivity index (χ1v) is 6.44. The summed E-state index contributed by atoms with van der Waals surface area (Å²) in [4.78, 5) is 19.1. The summed E-state index contributed by atoms with van der Waals surface area (Å²) in [7, 11) is 0. The largest absolute Gasteiger partial charge is 0.396 e. The molecular formula is C14H19N3O2. The second-order valence-corrected chi connectivity index (χ2v) is 4.86. The van der Waals surface area contributed by atoms with E-state index in [0.717, 1.165) is 0 Å². The summed E-state index contributed by atoms with van der Waals surface area (Å²) in [5.41, 5.74) is 0.580. The number of hydrogen-bond donors (Lipinski definition) is 3. The fourth-order valence-corrected chi connectivity index (χ4v) is 1.84. The van der Waals surface area contributed by atoms with Crippen molar-refractivity contribution in [2.75, 3.05) is 6.61 Å². The molecule has 0 aliphatic carbocycles. The van der Waals surface area contributed by atoms with Gasteiger partial charge in [0.05, 0.1) is 17.4 Å². The van der Waals surface area contributed by atoms with Gasteiger partial charge in [-0.3, -0.25) is 4.79 Å². The highest BCUT2D eigenvalue weighted by atomic mass is 16.3. The third kappa shape index (κ3) is 3.19. The average molecular weight is 261 g/mol. The minimum atomic E-state index is -0.120. The van der Waals surface area contributed by atoms with Crippen LogP contribution in [-0.2, 0) is 6.54 Å².